The molecule has 6 nitrogen and oxygen atoms in total. The second-order valence-electron chi connectivity index (χ2n) is 5.60. The van der Waals surface area contributed by atoms with Crippen molar-refractivity contribution in [1.29, 1.82) is 0 Å². The largest absolute Gasteiger partial charge is 0.450 e. The third kappa shape index (κ3) is 5.81. The van der Waals surface area contributed by atoms with Crippen LogP contribution in [0.2, 0.25) is 0 Å². The summed E-state index contributed by atoms with van der Waals surface area (Å²) in [5, 5.41) is 5.85. The SMILES string of the molecule is CCOC(=O)N1CCC(NC(=O)NCCc2ccccc2)CC1. The first-order valence-electron chi connectivity index (χ1n) is 8.19. The number of hydrogen-bond donors (Lipinski definition) is 2. The molecule has 0 unspecified atom stereocenters. The normalized spacial score (nSPS) is 15.1. The van der Waals surface area contributed by atoms with E-state index < -0.39 is 0 Å². The first kappa shape index (κ1) is 17.1. The lowest BCUT2D eigenvalue weighted by molar-refractivity contribution is 0.0957. The summed E-state index contributed by atoms with van der Waals surface area (Å²) in [6.45, 7) is 4.03. The van der Waals surface area contributed by atoms with Crippen molar-refractivity contribution in [2.75, 3.05) is 26.2 Å². The number of hydrogen-bond acceptors (Lipinski definition) is 3. The molecule has 0 aromatic heterocycles. The van der Waals surface area contributed by atoms with Gasteiger partial charge in [0.15, 0.2) is 0 Å². The van der Waals surface area contributed by atoms with Gasteiger partial charge in [-0.2, -0.15) is 0 Å². The molecule has 1 aromatic carbocycles. The van der Waals surface area contributed by atoms with Gasteiger partial charge in [0.05, 0.1) is 6.61 Å². The highest BCUT2D eigenvalue weighted by Crippen LogP contribution is 2.11. The van der Waals surface area contributed by atoms with Gasteiger partial charge in [-0.15, -0.1) is 0 Å². The van der Waals surface area contributed by atoms with E-state index in [1.807, 2.05) is 30.3 Å². The molecule has 6 heteroatoms. The molecule has 0 radical (unpaired) electrons. The molecule has 0 saturated carbocycles. The van der Waals surface area contributed by atoms with E-state index in [0.29, 0.717) is 26.2 Å². The Balaban J connectivity index is 1.62. The van der Waals surface area contributed by atoms with Crippen LogP contribution in [0.4, 0.5) is 9.59 Å². The van der Waals surface area contributed by atoms with Crippen LogP contribution in [0.5, 0.6) is 0 Å². The van der Waals surface area contributed by atoms with Crippen LogP contribution < -0.4 is 10.6 Å². The van der Waals surface area contributed by atoms with Crippen molar-refractivity contribution in [2.45, 2.75) is 32.2 Å². The van der Waals surface area contributed by atoms with E-state index in [2.05, 4.69) is 10.6 Å². The van der Waals surface area contributed by atoms with Crippen molar-refractivity contribution < 1.29 is 14.3 Å². The molecule has 126 valence electrons. The van der Waals surface area contributed by atoms with Crippen molar-refractivity contribution >= 4 is 12.1 Å². The summed E-state index contributed by atoms with van der Waals surface area (Å²) in [5.41, 5.74) is 1.20. The number of piperidine rings is 1. The van der Waals surface area contributed by atoms with Crippen LogP contribution in [0.25, 0.3) is 0 Å². The van der Waals surface area contributed by atoms with Crippen LogP contribution in [0, 0.1) is 0 Å². The summed E-state index contributed by atoms with van der Waals surface area (Å²) < 4.78 is 4.98. The van der Waals surface area contributed by atoms with Crippen LogP contribution >= 0.6 is 0 Å². The molecule has 1 heterocycles. The van der Waals surface area contributed by atoms with Gasteiger partial charge in [0.1, 0.15) is 0 Å². The van der Waals surface area contributed by atoms with Gasteiger partial charge in [0.25, 0.3) is 0 Å². The number of nitrogens with one attached hydrogen (secondary N) is 2. The summed E-state index contributed by atoms with van der Waals surface area (Å²) in [6.07, 6.45) is 2.06. The van der Waals surface area contributed by atoms with Crippen LogP contribution in [0.3, 0.4) is 0 Å². The average Bonchev–Trinajstić information content (AvgIpc) is 2.57. The molecule has 0 bridgehead atoms. The van der Waals surface area contributed by atoms with Crippen molar-refractivity contribution in [3.05, 3.63) is 35.9 Å². The molecular formula is C17H25N3O3. The van der Waals surface area contributed by atoms with Gasteiger partial charge < -0.3 is 20.3 Å². The van der Waals surface area contributed by atoms with Crippen LogP contribution in [0.15, 0.2) is 30.3 Å². The first-order valence-corrected chi connectivity index (χ1v) is 8.19. The predicted octanol–water partition coefficient (Wildman–Crippen LogP) is 2.15. The Bertz CT molecular complexity index is 499. The van der Waals surface area contributed by atoms with Crippen LogP contribution in [0.1, 0.15) is 25.3 Å². The number of rotatable bonds is 5. The lowest BCUT2D eigenvalue weighted by Crippen LogP contribution is -2.49. The molecule has 0 spiro atoms. The quantitative estimate of drug-likeness (QED) is 0.873. The zero-order valence-corrected chi connectivity index (χ0v) is 13.6. The summed E-state index contributed by atoms with van der Waals surface area (Å²) in [7, 11) is 0. The minimum absolute atomic E-state index is 0.109. The zero-order valence-electron chi connectivity index (χ0n) is 13.6. The van der Waals surface area contributed by atoms with E-state index in [-0.39, 0.29) is 18.2 Å². The Morgan fingerprint density at radius 2 is 1.91 bits per heavy atom. The summed E-state index contributed by atoms with van der Waals surface area (Å²) in [4.78, 5) is 25.2. The molecule has 1 aliphatic heterocycles. The number of carbonyl (C=O) groups excluding carboxylic acids is 2. The lowest BCUT2D eigenvalue weighted by atomic mass is 10.1. The molecule has 3 amide bonds. The third-order valence-corrected chi connectivity index (χ3v) is 3.90. The van der Waals surface area contributed by atoms with E-state index in [4.69, 9.17) is 4.74 Å². The molecular weight excluding hydrogens is 294 g/mol. The highest BCUT2D eigenvalue weighted by molar-refractivity contribution is 5.74. The second-order valence-corrected chi connectivity index (χ2v) is 5.60. The Morgan fingerprint density at radius 1 is 1.22 bits per heavy atom. The Labute approximate surface area is 137 Å². The minimum atomic E-state index is -0.265. The number of ether oxygens (including phenoxy) is 1. The number of carbonyl (C=O) groups is 2. The maximum absolute atomic E-state index is 11.9. The Kier molecular flexibility index (Phi) is 6.72. The predicted molar refractivity (Wildman–Crippen MR) is 88.3 cm³/mol. The monoisotopic (exact) mass is 319 g/mol. The fraction of sp³-hybridized carbons (Fsp3) is 0.529. The van der Waals surface area contributed by atoms with Gasteiger partial charge >= 0.3 is 12.1 Å². The van der Waals surface area contributed by atoms with Gasteiger partial charge in [-0.25, -0.2) is 9.59 Å². The maximum atomic E-state index is 11.9. The van der Waals surface area contributed by atoms with Crippen molar-refractivity contribution in [1.82, 2.24) is 15.5 Å². The number of benzene rings is 1. The summed E-state index contributed by atoms with van der Waals surface area (Å²) in [5.74, 6) is 0. The first-order chi connectivity index (χ1) is 11.2. The molecule has 0 aliphatic carbocycles. The van der Waals surface area contributed by atoms with E-state index in [1.54, 1.807) is 11.8 Å². The third-order valence-electron chi connectivity index (χ3n) is 3.90. The molecule has 0 atom stereocenters. The van der Waals surface area contributed by atoms with E-state index in [1.165, 1.54) is 5.56 Å². The van der Waals surface area contributed by atoms with Gasteiger partial charge in [0, 0.05) is 25.7 Å². The van der Waals surface area contributed by atoms with Crippen molar-refractivity contribution in [2.24, 2.45) is 0 Å². The molecule has 1 saturated heterocycles. The average molecular weight is 319 g/mol. The fourth-order valence-corrected chi connectivity index (χ4v) is 2.62. The fourth-order valence-electron chi connectivity index (χ4n) is 2.62. The number of amides is 3. The molecule has 2 N–H and O–H groups in total. The minimum Gasteiger partial charge on any atom is -0.450 e. The lowest BCUT2D eigenvalue weighted by Gasteiger charge is -2.31. The Morgan fingerprint density at radius 3 is 2.57 bits per heavy atom. The van der Waals surface area contributed by atoms with E-state index >= 15 is 0 Å². The Hall–Kier alpha value is -2.24. The smallest absolute Gasteiger partial charge is 0.409 e. The van der Waals surface area contributed by atoms with Gasteiger partial charge in [-0.05, 0) is 31.7 Å². The summed E-state index contributed by atoms with van der Waals surface area (Å²) >= 11 is 0. The van der Waals surface area contributed by atoms with Gasteiger partial charge in [-0.3, -0.25) is 0 Å². The standard InChI is InChI=1S/C17H25N3O3/c1-2-23-17(22)20-12-9-15(10-13-20)19-16(21)18-11-8-14-6-4-3-5-7-14/h3-7,15H,2,8-13H2,1H3,(H2,18,19,21). The summed E-state index contributed by atoms with van der Waals surface area (Å²) in [6, 6.07) is 10.0. The van der Waals surface area contributed by atoms with E-state index in [0.717, 1.165) is 19.3 Å². The van der Waals surface area contributed by atoms with E-state index in [9.17, 15) is 9.59 Å². The van der Waals surface area contributed by atoms with Crippen molar-refractivity contribution in [3.63, 3.8) is 0 Å². The topological polar surface area (TPSA) is 70.7 Å². The van der Waals surface area contributed by atoms with Crippen LogP contribution in [-0.2, 0) is 11.2 Å². The molecule has 1 aromatic rings. The number of nitrogens with zero attached hydrogens (tertiary/aromatic N) is 1. The molecule has 1 aliphatic rings. The highest BCUT2D eigenvalue weighted by atomic mass is 16.6. The zero-order chi connectivity index (χ0) is 16.5. The van der Waals surface area contributed by atoms with Crippen molar-refractivity contribution in [3.8, 4) is 0 Å². The number of urea groups is 1. The second kappa shape index (κ2) is 9.02. The van der Waals surface area contributed by atoms with Gasteiger partial charge in [-0.1, -0.05) is 30.3 Å². The van der Waals surface area contributed by atoms with Gasteiger partial charge in [0.2, 0.25) is 0 Å². The molecule has 2 rings (SSSR count). The molecule has 23 heavy (non-hydrogen) atoms. The highest BCUT2D eigenvalue weighted by Gasteiger charge is 2.24. The molecule has 1 fully saturated rings. The maximum Gasteiger partial charge on any atom is 0.409 e. The number of likely N-dealkylation sites (tertiary alicyclic amines) is 1. The van der Waals surface area contributed by atoms with Crippen LogP contribution in [-0.4, -0.2) is 49.3 Å².